The van der Waals surface area contributed by atoms with Gasteiger partial charge in [-0.1, -0.05) is 19.9 Å². The molecule has 0 saturated heterocycles. The number of anilines is 1. The molecule has 6 nitrogen and oxygen atoms in total. The lowest BCUT2D eigenvalue weighted by Gasteiger charge is -2.19. The maximum Gasteiger partial charge on any atom is 0.254 e. The van der Waals surface area contributed by atoms with E-state index in [4.69, 9.17) is 5.73 Å². The fourth-order valence-electron chi connectivity index (χ4n) is 2.85. The highest BCUT2D eigenvalue weighted by Crippen LogP contribution is 2.35. The Kier molecular flexibility index (Phi) is 4.71. The monoisotopic (exact) mass is 362 g/mol. The molecule has 0 saturated carbocycles. The van der Waals surface area contributed by atoms with Crippen molar-refractivity contribution in [3.05, 3.63) is 34.5 Å². The van der Waals surface area contributed by atoms with Crippen molar-refractivity contribution in [1.82, 2.24) is 10.3 Å². The standard InChI is InChI=1S/C17H19FN4O2S/c1-8(2)6-10(15(19)23)21-16-13(18)9-7-20-17(24)12(9)14(22-16)11-4-3-5-25-11/h3-5,8,10H,6-7H2,1-2H3,(H2,19,23)(H,20,24)(H,21,22)/t10-/m1/s1. The molecule has 0 aromatic carbocycles. The van der Waals surface area contributed by atoms with Crippen LogP contribution in [0.2, 0.25) is 0 Å². The molecule has 0 bridgehead atoms. The van der Waals surface area contributed by atoms with Gasteiger partial charge < -0.3 is 16.4 Å². The Morgan fingerprint density at radius 1 is 1.52 bits per heavy atom. The molecular weight excluding hydrogens is 343 g/mol. The lowest BCUT2D eigenvalue weighted by Crippen LogP contribution is -2.37. The predicted octanol–water partition coefficient (Wildman–Crippen LogP) is 2.50. The molecule has 0 radical (unpaired) electrons. The normalized spacial score (nSPS) is 14.3. The third-order valence-electron chi connectivity index (χ3n) is 4.00. The van der Waals surface area contributed by atoms with E-state index in [9.17, 15) is 14.0 Å². The van der Waals surface area contributed by atoms with Crippen molar-refractivity contribution in [3.63, 3.8) is 0 Å². The summed E-state index contributed by atoms with van der Waals surface area (Å²) in [5.41, 5.74) is 6.37. The number of halogens is 1. The van der Waals surface area contributed by atoms with Crippen molar-refractivity contribution in [1.29, 1.82) is 0 Å². The quantitative estimate of drug-likeness (QED) is 0.735. The Labute approximate surface area is 148 Å². The van der Waals surface area contributed by atoms with Crippen LogP contribution in [0.3, 0.4) is 0 Å². The zero-order valence-corrected chi connectivity index (χ0v) is 14.7. The van der Waals surface area contributed by atoms with E-state index in [0.29, 0.717) is 12.1 Å². The molecule has 1 atom stereocenters. The summed E-state index contributed by atoms with van der Waals surface area (Å²) < 4.78 is 14.9. The van der Waals surface area contributed by atoms with Crippen molar-refractivity contribution < 1.29 is 14.0 Å². The lowest BCUT2D eigenvalue weighted by atomic mass is 10.0. The van der Waals surface area contributed by atoms with Gasteiger partial charge in [-0.3, -0.25) is 9.59 Å². The largest absolute Gasteiger partial charge is 0.368 e. The Hall–Kier alpha value is -2.48. The van der Waals surface area contributed by atoms with E-state index in [1.54, 1.807) is 0 Å². The SMILES string of the molecule is CC(C)C[C@@H](Nc1nc(-c2cccs2)c2c(c1F)CNC2=O)C(N)=O. The van der Waals surface area contributed by atoms with Gasteiger partial charge in [0.1, 0.15) is 6.04 Å². The smallest absolute Gasteiger partial charge is 0.254 e. The number of hydrogen-bond donors (Lipinski definition) is 3. The number of carbonyl (C=O) groups is 2. The third kappa shape index (κ3) is 3.34. The fourth-order valence-corrected chi connectivity index (χ4v) is 3.57. The number of rotatable bonds is 6. The first-order valence-electron chi connectivity index (χ1n) is 7.98. The van der Waals surface area contributed by atoms with E-state index < -0.39 is 17.8 Å². The maximum absolute atomic E-state index is 14.9. The van der Waals surface area contributed by atoms with Crippen LogP contribution in [0.25, 0.3) is 10.6 Å². The highest BCUT2D eigenvalue weighted by molar-refractivity contribution is 7.13. The summed E-state index contributed by atoms with van der Waals surface area (Å²) in [5.74, 6) is -1.39. The minimum Gasteiger partial charge on any atom is -0.368 e. The lowest BCUT2D eigenvalue weighted by molar-refractivity contribution is -0.119. The zero-order chi connectivity index (χ0) is 18.1. The van der Waals surface area contributed by atoms with Gasteiger partial charge in [-0.2, -0.15) is 0 Å². The first-order valence-corrected chi connectivity index (χ1v) is 8.86. The predicted molar refractivity (Wildman–Crippen MR) is 94.7 cm³/mol. The van der Waals surface area contributed by atoms with E-state index in [1.807, 2.05) is 31.4 Å². The van der Waals surface area contributed by atoms with Crippen LogP contribution in [0, 0.1) is 11.7 Å². The highest BCUT2D eigenvalue weighted by Gasteiger charge is 2.31. The number of fused-ring (bicyclic) bond motifs is 1. The average Bonchev–Trinajstić information content (AvgIpc) is 3.19. The molecule has 25 heavy (non-hydrogen) atoms. The van der Waals surface area contributed by atoms with Crippen LogP contribution in [0.4, 0.5) is 10.2 Å². The van der Waals surface area contributed by atoms with E-state index in [2.05, 4.69) is 15.6 Å². The molecule has 2 amide bonds. The number of amides is 2. The van der Waals surface area contributed by atoms with Gasteiger partial charge in [-0.05, 0) is 23.8 Å². The van der Waals surface area contributed by atoms with E-state index in [1.165, 1.54) is 11.3 Å². The van der Waals surface area contributed by atoms with Crippen molar-refractivity contribution in [2.45, 2.75) is 32.9 Å². The van der Waals surface area contributed by atoms with E-state index >= 15 is 0 Å². The second kappa shape index (κ2) is 6.79. The number of primary amides is 1. The molecule has 2 aromatic rings. The van der Waals surface area contributed by atoms with Gasteiger partial charge >= 0.3 is 0 Å². The number of thiophene rings is 1. The molecule has 0 fully saturated rings. The average molecular weight is 362 g/mol. The first kappa shape index (κ1) is 17.3. The van der Waals surface area contributed by atoms with Crippen molar-refractivity contribution in [2.24, 2.45) is 11.7 Å². The molecule has 1 aliphatic heterocycles. The molecule has 1 aliphatic rings. The summed E-state index contributed by atoms with van der Waals surface area (Å²) in [6, 6.07) is 2.92. The Bertz CT molecular complexity index is 821. The van der Waals surface area contributed by atoms with Crippen LogP contribution < -0.4 is 16.4 Å². The number of nitrogens with zero attached hydrogens (tertiary/aromatic N) is 1. The van der Waals surface area contributed by atoms with Crippen LogP contribution in [-0.2, 0) is 11.3 Å². The number of nitrogens with one attached hydrogen (secondary N) is 2. The number of carbonyl (C=O) groups excluding carboxylic acids is 2. The molecule has 0 spiro atoms. The molecule has 3 heterocycles. The number of pyridine rings is 1. The number of aromatic nitrogens is 1. The van der Waals surface area contributed by atoms with E-state index in [0.717, 1.165) is 4.88 Å². The number of nitrogens with two attached hydrogens (primary N) is 1. The first-order chi connectivity index (χ1) is 11.9. The van der Waals surface area contributed by atoms with Gasteiger partial charge in [0.2, 0.25) is 5.91 Å². The summed E-state index contributed by atoms with van der Waals surface area (Å²) in [4.78, 5) is 28.9. The molecular formula is C17H19FN4O2S. The van der Waals surface area contributed by atoms with Crippen LogP contribution >= 0.6 is 11.3 Å². The van der Waals surface area contributed by atoms with Gasteiger partial charge in [-0.25, -0.2) is 9.37 Å². The second-order valence-corrected chi connectivity index (χ2v) is 7.31. The fraction of sp³-hybridized carbons (Fsp3) is 0.353. The minimum absolute atomic E-state index is 0.0527. The zero-order valence-electron chi connectivity index (χ0n) is 13.9. The second-order valence-electron chi connectivity index (χ2n) is 6.37. The van der Waals surface area contributed by atoms with Gasteiger partial charge in [-0.15, -0.1) is 11.3 Å². The minimum atomic E-state index is -0.735. The number of hydrogen-bond acceptors (Lipinski definition) is 5. The topological polar surface area (TPSA) is 97.1 Å². The summed E-state index contributed by atoms with van der Waals surface area (Å²) >= 11 is 1.41. The van der Waals surface area contributed by atoms with Gasteiger partial charge in [0.25, 0.3) is 5.91 Å². The van der Waals surface area contributed by atoms with E-state index in [-0.39, 0.29) is 35.3 Å². The Morgan fingerprint density at radius 2 is 2.28 bits per heavy atom. The summed E-state index contributed by atoms with van der Waals surface area (Å²) in [6.07, 6.45) is 0.457. The molecule has 3 rings (SSSR count). The summed E-state index contributed by atoms with van der Waals surface area (Å²) in [6.45, 7) is 3.99. The molecule has 132 valence electrons. The Morgan fingerprint density at radius 3 is 2.88 bits per heavy atom. The molecule has 0 aliphatic carbocycles. The molecule has 8 heteroatoms. The van der Waals surface area contributed by atoms with Gasteiger partial charge in [0.15, 0.2) is 11.6 Å². The van der Waals surface area contributed by atoms with Crippen molar-refractivity contribution in [3.8, 4) is 10.6 Å². The van der Waals surface area contributed by atoms with Crippen LogP contribution in [0.1, 0.15) is 36.2 Å². The van der Waals surface area contributed by atoms with Gasteiger partial charge in [0, 0.05) is 12.1 Å². The Balaban J connectivity index is 2.07. The molecule has 4 N–H and O–H groups in total. The third-order valence-corrected chi connectivity index (χ3v) is 4.88. The van der Waals surface area contributed by atoms with Crippen LogP contribution in [-0.4, -0.2) is 22.8 Å². The van der Waals surface area contributed by atoms with Crippen LogP contribution in [0.5, 0.6) is 0 Å². The van der Waals surface area contributed by atoms with Gasteiger partial charge in [0.05, 0.1) is 16.1 Å². The van der Waals surface area contributed by atoms with Crippen molar-refractivity contribution in [2.75, 3.05) is 5.32 Å². The van der Waals surface area contributed by atoms with Crippen LogP contribution in [0.15, 0.2) is 17.5 Å². The molecule has 2 aromatic heterocycles. The van der Waals surface area contributed by atoms with Crippen molar-refractivity contribution >= 4 is 29.0 Å². The summed E-state index contributed by atoms with van der Waals surface area (Å²) in [7, 11) is 0. The summed E-state index contributed by atoms with van der Waals surface area (Å²) in [5, 5.41) is 7.32. The molecule has 0 unspecified atom stereocenters. The maximum atomic E-state index is 14.9. The highest BCUT2D eigenvalue weighted by atomic mass is 32.1.